The molecule has 0 aromatic heterocycles. The maximum Gasteiger partial charge on any atom is 0.311 e. The summed E-state index contributed by atoms with van der Waals surface area (Å²) in [7, 11) is 4.04. The molecule has 37 heavy (non-hydrogen) atoms. The van der Waals surface area contributed by atoms with Crippen molar-refractivity contribution in [1.82, 2.24) is 4.90 Å². The molecule has 0 aromatic carbocycles. The largest absolute Gasteiger partial charge is 0.461 e. The molecule has 1 unspecified atom stereocenters. The second-order valence-electron chi connectivity index (χ2n) is 15.0. The fourth-order valence-corrected chi connectivity index (χ4v) is 6.38. The van der Waals surface area contributed by atoms with Gasteiger partial charge in [0, 0.05) is 17.3 Å². The molecule has 5 nitrogen and oxygen atoms in total. The van der Waals surface area contributed by atoms with Crippen LogP contribution >= 0.6 is 0 Å². The van der Waals surface area contributed by atoms with Crippen molar-refractivity contribution in [3.05, 3.63) is 12.2 Å². The Bertz CT molecular complexity index is 729. The molecule has 1 atom stereocenters. The minimum atomic E-state index is -0.481. The molecule has 0 spiro atoms. The van der Waals surface area contributed by atoms with Crippen LogP contribution < -0.4 is 0 Å². The van der Waals surface area contributed by atoms with E-state index in [2.05, 4.69) is 80.2 Å². The average Bonchev–Trinajstić information content (AvgIpc) is 2.65. The lowest BCUT2D eigenvalue weighted by molar-refractivity contribution is -0.169. The summed E-state index contributed by atoms with van der Waals surface area (Å²) in [6.07, 6.45) is 7.73. The minimum absolute atomic E-state index is 0.110. The zero-order valence-corrected chi connectivity index (χ0v) is 26.9. The molecule has 0 rings (SSSR count). The molecular formula is C32H61NO4. The number of hydrogen-bond acceptors (Lipinski definition) is 5. The van der Waals surface area contributed by atoms with Gasteiger partial charge in [-0.3, -0.25) is 9.59 Å². The standard InChI is InChI=1S/C32H61NO4/c1-24(2)21-30(7,8)27(37-26(34)17-15-19-33(13)14)32(11,12)23-29(5,6)18-16-20-36-28(35)31(9,10)22-25(3)4/h16,18,24-25,27H,15,17,19-23H2,1-14H3. The van der Waals surface area contributed by atoms with Crippen molar-refractivity contribution in [3.63, 3.8) is 0 Å². The normalized spacial score (nSPS) is 14.6. The van der Waals surface area contributed by atoms with Gasteiger partial charge in [0.1, 0.15) is 12.7 Å². The molecule has 0 aliphatic heterocycles. The zero-order chi connectivity index (χ0) is 29.2. The van der Waals surface area contributed by atoms with Crippen molar-refractivity contribution < 1.29 is 19.1 Å². The monoisotopic (exact) mass is 523 g/mol. The molecule has 0 aromatic rings. The SMILES string of the molecule is CC(C)CC(C)(C)C(=O)OCC=CC(C)(C)CC(C)(C)C(OC(=O)CCCN(C)C)C(C)(C)CC(C)C. The van der Waals surface area contributed by atoms with Crippen molar-refractivity contribution in [2.45, 2.75) is 121 Å². The van der Waals surface area contributed by atoms with E-state index in [0.717, 1.165) is 32.2 Å². The van der Waals surface area contributed by atoms with Crippen LogP contribution in [0, 0.1) is 33.5 Å². The molecule has 0 bridgehead atoms. The van der Waals surface area contributed by atoms with Gasteiger partial charge in [-0.15, -0.1) is 0 Å². The summed E-state index contributed by atoms with van der Waals surface area (Å²) in [6.45, 7) is 27.0. The summed E-state index contributed by atoms with van der Waals surface area (Å²) in [5.74, 6) is 0.680. The molecule has 0 aliphatic rings. The number of nitrogens with zero attached hydrogens (tertiary/aromatic N) is 1. The van der Waals surface area contributed by atoms with Crippen LogP contribution in [0.3, 0.4) is 0 Å². The maximum atomic E-state index is 12.9. The van der Waals surface area contributed by atoms with E-state index in [1.54, 1.807) is 0 Å². The summed E-state index contributed by atoms with van der Waals surface area (Å²) in [4.78, 5) is 27.5. The summed E-state index contributed by atoms with van der Waals surface area (Å²) >= 11 is 0. The van der Waals surface area contributed by atoms with E-state index < -0.39 is 5.41 Å². The van der Waals surface area contributed by atoms with E-state index in [0.29, 0.717) is 18.3 Å². The van der Waals surface area contributed by atoms with Crippen LogP contribution in [0.2, 0.25) is 0 Å². The Morgan fingerprint density at radius 3 is 1.86 bits per heavy atom. The van der Waals surface area contributed by atoms with Crippen molar-refractivity contribution in [1.29, 1.82) is 0 Å². The van der Waals surface area contributed by atoms with E-state index in [1.165, 1.54) is 0 Å². The third kappa shape index (κ3) is 14.4. The molecule has 0 aliphatic carbocycles. The number of carbonyl (C=O) groups excluding carboxylic acids is 2. The molecule has 0 fully saturated rings. The molecule has 0 radical (unpaired) electrons. The molecule has 0 heterocycles. The molecular weight excluding hydrogens is 462 g/mol. The van der Waals surface area contributed by atoms with Crippen LogP contribution in [0.4, 0.5) is 0 Å². The average molecular weight is 524 g/mol. The van der Waals surface area contributed by atoms with E-state index in [-0.39, 0.29) is 40.9 Å². The van der Waals surface area contributed by atoms with Crippen molar-refractivity contribution >= 4 is 11.9 Å². The highest BCUT2D eigenvalue weighted by molar-refractivity contribution is 5.76. The Hall–Kier alpha value is -1.36. The maximum absolute atomic E-state index is 12.9. The Labute approximate surface area is 230 Å². The fraction of sp³-hybridized carbons (Fsp3) is 0.875. The van der Waals surface area contributed by atoms with Crippen molar-refractivity contribution in [2.75, 3.05) is 27.2 Å². The van der Waals surface area contributed by atoms with Crippen LogP contribution in [0.1, 0.15) is 115 Å². The number of hydrogen-bond donors (Lipinski definition) is 0. The predicted octanol–water partition coefficient (Wildman–Crippen LogP) is 7.93. The van der Waals surface area contributed by atoms with Gasteiger partial charge in [0.2, 0.25) is 0 Å². The molecule has 0 N–H and O–H groups in total. The quantitative estimate of drug-likeness (QED) is 0.143. The molecule has 0 saturated carbocycles. The van der Waals surface area contributed by atoms with Gasteiger partial charge in [0.15, 0.2) is 0 Å². The number of allylic oxidation sites excluding steroid dienone is 1. The Morgan fingerprint density at radius 2 is 1.38 bits per heavy atom. The summed E-state index contributed by atoms with van der Waals surface area (Å²) in [6, 6.07) is 0. The molecule has 5 heteroatoms. The first-order valence-corrected chi connectivity index (χ1v) is 14.3. The highest BCUT2D eigenvalue weighted by atomic mass is 16.5. The Morgan fingerprint density at radius 1 is 0.838 bits per heavy atom. The van der Waals surface area contributed by atoms with Crippen LogP contribution in [0.5, 0.6) is 0 Å². The van der Waals surface area contributed by atoms with Crippen LogP contribution in [-0.2, 0) is 19.1 Å². The van der Waals surface area contributed by atoms with Crippen molar-refractivity contribution in [3.8, 4) is 0 Å². The van der Waals surface area contributed by atoms with E-state index >= 15 is 0 Å². The molecule has 218 valence electrons. The van der Waals surface area contributed by atoms with Crippen molar-refractivity contribution in [2.24, 2.45) is 33.5 Å². The second kappa shape index (κ2) is 14.7. The summed E-state index contributed by atoms with van der Waals surface area (Å²) in [5, 5.41) is 0. The van der Waals surface area contributed by atoms with Gasteiger partial charge >= 0.3 is 11.9 Å². The first-order valence-electron chi connectivity index (χ1n) is 14.3. The topological polar surface area (TPSA) is 55.8 Å². The van der Waals surface area contributed by atoms with Gasteiger partial charge in [-0.1, -0.05) is 81.4 Å². The van der Waals surface area contributed by atoms with Crippen LogP contribution in [0.25, 0.3) is 0 Å². The number of esters is 2. The van der Waals surface area contributed by atoms with Crippen LogP contribution in [0.15, 0.2) is 12.2 Å². The van der Waals surface area contributed by atoms with Gasteiger partial charge in [-0.2, -0.15) is 0 Å². The Kier molecular flexibility index (Phi) is 14.2. The number of rotatable bonds is 17. The van der Waals surface area contributed by atoms with E-state index in [4.69, 9.17) is 9.47 Å². The fourth-order valence-electron chi connectivity index (χ4n) is 6.38. The van der Waals surface area contributed by atoms with E-state index in [9.17, 15) is 9.59 Å². The first kappa shape index (κ1) is 35.6. The zero-order valence-electron chi connectivity index (χ0n) is 26.9. The smallest absolute Gasteiger partial charge is 0.311 e. The third-order valence-electron chi connectivity index (χ3n) is 6.85. The van der Waals surface area contributed by atoms with E-state index in [1.807, 2.05) is 34.0 Å². The number of ether oxygens (including phenoxy) is 2. The molecule has 0 amide bonds. The van der Waals surface area contributed by atoms with Gasteiger partial charge in [-0.05, 0) is 77.4 Å². The second-order valence-corrected chi connectivity index (χ2v) is 15.0. The van der Waals surface area contributed by atoms with Gasteiger partial charge in [0.25, 0.3) is 0 Å². The predicted molar refractivity (Wildman–Crippen MR) is 156 cm³/mol. The lowest BCUT2D eigenvalue weighted by Gasteiger charge is -2.47. The highest BCUT2D eigenvalue weighted by Crippen LogP contribution is 2.47. The first-order chi connectivity index (χ1) is 16.6. The minimum Gasteiger partial charge on any atom is -0.461 e. The van der Waals surface area contributed by atoms with Gasteiger partial charge in [-0.25, -0.2) is 0 Å². The lowest BCUT2D eigenvalue weighted by atomic mass is 9.63. The third-order valence-corrected chi connectivity index (χ3v) is 6.85. The highest BCUT2D eigenvalue weighted by Gasteiger charge is 2.45. The lowest BCUT2D eigenvalue weighted by Crippen LogP contribution is -2.47. The Balaban J connectivity index is 5.48. The molecule has 0 saturated heterocycles. The summed E-state index contributed by atoms with van der Waals surface area (Å²) in [5.41, 5.74) is -1.05. The summed E-state index contributed by atoms with van der Waals surface area (Å²) < 4.78 is 11.9. The van der Waals surface area contributed by atoms with Crippen LogP contribution in [-0.4, -0.2) is 50.2 Å². The number of carbonyl (C=O) groups is 2. The van der Waals surface area contributed by atoms with Gasteiger partial charge < -0.3 is 14.4 Å². The van der Waals surface area contributed by atoms with Gasteiger partial charge in [0.05, 0.1) is 5.41 Å².